The summed E-state index contributed by atoms with van der Waals surface area (Å²) in [6.07, 6.45) is 2.11. The number of nitrogens with two attached hydrogens (primary N) is 1. The van der Waals surface area contributed by atoms with Gasteiger partial charge in [0.2, 0.25) is 0 Å². The second-order valence-electron chi connectivity index (χ2n) is 5.93. The molecule has 0 aliphatic heterocycles. The van der Waals surface area contributed by atoms with Crippen molar-refractivity contribution < 1.29 is 14.6 Å². The Labute approximate surface area is 111 Å². The highest BCUT2D eigenvalue weighted by Gasteiger charge is 2.37. The zero-order chi connectivity index (χ0) is 14.2. The number of aliphatic carboxylic acids is 1. The summed E-state index contributed by atoms with van der Waals surface area (Å²) < 4.78 is 5.51. The summed E-state index contributed by atoms with van der Waals surface area (Å²) in [4.78, 5) is 11.4. The Bertz CT molecular complexity index is 241. The predicted octanol–water partition coefficient (Wildman–Crippen LogP) is 2.52. The molecule has 1 atom stereocenters. The van der Waals surface area contributed by atoms with Gasteiger partial charge in [0, 0.05) is 19.8 Å². The van der Waals surface area contributed by atoms with Gasteiger partial charge in [-0.05, 0) is 31.1 Å². The first kappa shape index (κ1) is 17.4. The quantitative estimate of drug-likeness (QED) is 0.591. The van der Waals surface area contributed by atoms with Gasteiger partial charge < -0.3 is 15.6 Å². The first-order valence-electron chi connectivity index (χ1n) is 6.85. The number of carboxylic acids is 1. The van der Waals surface area contributed by atoms with Crippen LogP contribution >= 0.6 is 0 Å². The molecular weight excluding hydrogens is 230 g/mol. The lowest BCUT2D eigenvalue weighted by Crippen LogP contribution is -2.40. The van der Waals surface area contributed by atoms with E-state index in [1.807, 2.05) is 13.8 Å². The number of carbonyl (C=O) groups is 1. The van der Waals surface area contributed by atoms with Crippen LogP contribution in [0.3, 0.4) is 0 Å². The molecule has 0 bridgehead atoms. The van der Waals surface area contributed by atoms with Crippen molar-refractivity contribution in [2.75, 3.05) is 19.8 Å². The van der Waals surface area contributed by atoms with Crippen LogP contribution < -0.4 is 5.73 Å². The lowest BCUT2D eigenvalue weighted by molar-refractivity contribution is -0.150. The van der Waals surface area contributed by atoms with E-state index in [-0.39, 0.29) is 6.54 Å². The average Bonchev–Trinajstić information content (AvgIpc) is 2.25. The lowest BCUT2D eigenvalue weighted by Gasteiger charge is -2.29. The van der Waals surface area contributed by atoms with Crippen LogP contribution in [-0.4, -0.2) is 30.8 Å². The summed E-state index contributed by atoms with van der Waals surface area (Å²) in [6, 6.07) is 0. The van der Waals surface area contributed by atoms with Crippen LogP contribution in [0.5, 0.6) is 0 Å². The molecule has 0 rings (SSSR count). The van der Waals surface area contributed by atoms with Gasteiger partial charge in [-0.3, -0.25) is 4.79 Å². The Balaban J connectivity index is 4.21. The summed E-state index contributed by atoms with van der Waals surface area (Å²) in [7, 11) is 0. The van der Waals surface area contributed by atoms with Crippen LogP contribution in [0.15, 0.2) is 0 Å². The van der Waals surface area contributed by atoms with Crippen molar-refractivity contribution >= 4 is 5.97 Å². The van der Waals surface area contributed by atoms with E-state index in [2.05, 4.69) is 13.8 Å². The van der Waals surface area contributed by atoms with Gasteiger partial charge in [-0.25, -0.2) is 0 Å². The molecule has 0 aromatic carbocycles. The topological polar surface area (TPSA) is 72.5 Å². The third-order valence-electron chi connectivity index (χ3n) is 3.21. The maximum absolute atomic E-state index is 11.4. The number of hydrogen-bond acceptors (Lipinski definition) is 3. The zero-order valence-corrected chi connectivity index (χ0v) is 12.2. The van der Waals surface area contributed by atoms with Crippen LogP contribution in [0.1, 0.15) is 47.0 Å². The smallest absolute Gasteiger partial charge is 0.311 e. The monoisotopic (exact) mass is 259 g/mol. The number of carboxylic acid groups (broad SMARTS) is 1. The third-order valence-corrected chi connectivity index (χ3v) is 3.21. The van der Waals surface area contributed by atoms with Gasteiger partial charge in [0.25, 0.3) is 0 Å². The van der Waals surface area contributed by atoms with Crippen molar-refractivity contribution in [1.29, 1.82) is 0 Å². The number of hydrogen-bond donors (Lipinski definition) is 2. The Morgan fingerprint density at radius 3 is 2.22 bits per heavy atom. The first-order chi connectivity index (χ1) is 8.34. The molecule has 18 heavy (non-hydrogen) atoms. The fraction of sp³-hybridized carbons (Fsp3) is 0.929. The Kier molecular flexibility index (Phi) is 8.20. The molecule has 0 fully saturated rings. The second-order valence-corrected chi connectivity index (χ2v) is 5.93. The molecule has 3 N–H and O–H groups in total. The van der Waals surface area contributed by atoms with Crippen molar-refractivity contribution in [1.82, 2.24) is 0 Å². The van der Waals surface area contributed by atoms with Crippen LogP contribution in [0, 0.1) is 17.3 Å². The van der Waals surface area contributed by atoms with E-state index in [1.54, 1.807) is 0 Å². The number of ether oxygens (including phenoxy) is 1. The van der Waals surface area contributed by atoms with E-state index >= 15 is 0 Å². The zero-order valence-electron chi connectivity index (χ0n) is 12.2. The van der Waals surface area contributed by atoms with E-state index in [1.165, 1.54) is 0 Å². The SMILES string of the molecule is CC(C)CCOCCC(CN)(CC(C)C)C(=O)O. The van der Waals surface area contributed by atoms with Crippen molar-refractivity contribution in [2.45, 2.75) is 47.0 Å². The number of rotatable bonds is 10. The Hall–Kier alpha value is -0.610. The largest absolute Gasteiger partial charge is 0.481 e. The van der Waals surface area contributed by atoms with Crippen LogP contribution in [0.2, 0.25) is 0 Å². The van der Waals surface area contributed by atoms with Gasteiger partial charge in [0.15, 0.2) is 0 Å². The Morgan fingerprint density at radius 1 is 1.22 bits per heavy atom. The normalized spacial score (nSPS) is 15.1. The lowest BCUT2D eigenvalue weighted by atomic mass is 9.77. The molecule has 0 saturated carbocycles. The molecule has 4 heteroatoms. The van der Waals surface area contributed by atoms with Crippen LogP contribution in [0.25, 0.3) is 0 Å². The first-order valence-corrected chi connectivity index (χ1v) is 6.85. The maximum Gasteiger partial charge on any atom is 0.311 e. The van der Waals surface area contributed by atoms with Crippen LogP contribution in [-0.2, 0) is 9.53 Å². The molecule has 4 nitrogen and oxygen atoms in total. The summed E-state index contributed by atoms with van der Waals surface area (Å²) >= 11 is 0. The average molecular weight is 259 g/mol. The van der Waals surface area contributed by atoms with E-state index in [0.29, 0.717) is 37.9 Å². The minimum atomic E-state index is -0.827. The molecule has 108 valence electrons. The predicted molar refractivity (Wildman–Crippen MR) is 73.5 cm³/mol. The molecule has 0 amide bonds. The molecule has 0 radical (unpaired) electrons. The molecule has 0 heterocycles. The highest BCUT2D eigenvalue weighted by molar-refractivity contribution is 5.75. The molecule has 0 aliphatic carbocycles. The second kappa shape index (κ2) is 8.48. The fourth-order valence-electron chi connectivity index (χ4n) is 2.04. The minimum absolute atomic E-state index is 0.175. The molecule has 1 unspecified atom stereocenters. The summed E-state index contributed by atoms with van der Waals surface area (Å²) in [5.41, 5.74) is 4.86. The van der Waals surface area contributed by atoms with Gasteiger partial charge in [0.1, 0.15) is 0 Å². The summed E-state index contributed by atoms with van der Waals surface area (Å²) in [5.74, 6) is 0.130. The van der Waals surface area contributed by atoms with E-state index in [0.717, 1.165) is 6.42 Å². The van der Waals surface area contributed by atoms with Gasteiger partial charge in [0.05, 0.1) is 5.41 Å². The third kappa shape index (κ3) is 6.36. The highest BCUT2D eigenvalue weighted by atomic mass is 16.5. The van der Waals surface area contributed by atoms with Crippen molar-refractivity contribution in [3.63, 3.8) is 0 Å². The van der Waals surface area contributed by atoms with Gasteiger partial charge in [-0.15, -0.1) is 0 Å². The standard InChI is InChI=1S/C14H29NO3/c1-11(2)5-7-18-8-6-14(10-15,13(16)17)9-12(3)4/h11-12H,5-10,15H2,1-4H3,(H,16,17). The molecule has 0 aromatic rings. The molecule has 0 aromatic heterocycles. The van der Waals surface area contributed by atoms with Crippen LogP contribution in [0.4, 0.5) is 0 Å². The van der Waals surface area contributed by atoms with Crippen molar-refractivity contribution in [2.24, 2.45) is 23.0 Å². The van der Waals surface area contributed by atoms with Gasteiger partial charge in [-0.1, -0.05) is 27.7 Å². The Morgan fingerprint density at radius 2 is 1.83 bits per heavy atom. The highest BCUT2D eigenvalue weighted by Crippen LogP contribution is 2.30. The molecule has 0 spiro atoms. The minimum Gasteiger partial charge on any atom is -0.481 e. The maximum atomic E-state index is 11.4. The van der Waals surface area contributed by atoms with E-state index < -0.39 is 11.4 Å². The van der Waals surface area contributed by atoms with Gasteiger partial charge >= 0.3 is 5.97 Å². The molecular formula is C14H29NO3. The van der Waals surface area contributed by atoms with Crippen molar-refractivity contribution in [3.05, 3.63) is 0 Å². The molecule has 0 saturated heterocycles. The van der Waals surface area contributed by atoms with Gasteiger partial charge in [-0.2, -0.15) is 0 Å². The van der Waals surface area contributed by atoms with E-state index in [9.17, 15) is 9.90 Å². The summed E-state index contributed by atoms with van der Waals surface area (Å²) in [6.45, 7) is 9.67. The van der Waals surface area contributed by atoms with E-state index in [4.69, 9.17) is 10.5 Å². The molecule has 0 aliphatic rings. The fourth-order valence-corrected chi connectivity index (χ4v) is 2.04. The van der Waals surface area contributed by atoms with Crippen molar-refractivity contribution in [3.8, 4) is 0 Å². The summed E-state index contributed by atoms with van der Waals surface area (Å²) in [5, 5.41) is 9.38.